The Morgan fingerprint density at radius 1 is 0.778 bits per heavy atom. The van der Waals surface area contributed by atoms with E-state index in [2.05, 4.69) is 34.2 Å². The summed E-state index contributed by atoms with van der Waals surface area (Å²) in [6.07, 6.45) is 0. The molecule has 0 spiro atoms. The highest BCUT2D eigenvalue weighted by Gasteiger charge is 2.04. The molecule has 0 bridgehead atoms. The van der Waals surface area contributed by atoms with Crippen LogP contribution in [0.25, 0.3) is 21.5 Å². The van der Waals surface area contributed by atoms with Gasteiger partial charge in [0.15, 0.2) is 5.75 Å². The van der Waals surface area contributed by atoms with E-state index in [-0.39, 0.29) is 0 Å². The summed E-state index contributed by atoms with van der Waals surface area (Å²) in [6.45, 7) is 0. The van der Waals surface area contributed by atoms with Gasteiger partial charge in [-0.15, -0.1) is 0 Å². The fourth-order valence-electron chi connectivity index (χ4n) is 2.08. The smallest absolute Gasteiger partial charge is 0.176 e. The zero-order valence-corrected chi connectivity index (χ0v) is 9.92. The van der Waals surface area contributed by atoms with Crippen molar-refractivity contribution in [3.05, 3.63) is 54.6 Å². The monoisotopic (exact) mass is 240 g/mol. The first-order chi connectivity index (χ1) is 8.88. The molecule has 0 fully saturated rings. The number of hydrogen-bond donors (Lipinski definition) is 0. The molecule has 90 valence electrons. The van der Waals surface area contributed by atoms with E-state index in [4.69, 9.17) is 4.89 Å². The topological polar surface area (TPSA) is 27.7 Å². The van der Waals surface area contributed by atoms with E-state index in [0.29, 0.717) is 5.75 Å². The van der Waals surface area contributed by atoms with Crippen LogP contribution in [0.3, 0.4) is 0 Å². The Kier molecular flexibility index (Phi) is 2.84. The van der Waals surface area contributed by atoms with Gasteiger partial charge in [-0.05, 0) is 39.4 Å². The molecule has 3 rings (SSSR count). The molecule has 0 amide bonds. The number of rotatable bonds is 3. The minimum Gasteiger partial charge on any atom is -0.308 e. The van der Waals surface area contributed by atoms with Gasteiger partial charge in [0, 0.05) is 5.39 Å². The summed E-state index contributed by atoms with van der Waals surface area (Å²) in [6, 6.07) is 18.2. The predicted molar refractivity (Wildman–Crippen MR) is 70.2 cm³/mol. The molecule has 18 heavy (non-hydrogen) atoms. The highest BCUT2D eigenvalue weighted by atomic mass is 17.5. The quantitative estimate of drug-likeness (QED) is 0.395. The second-order valence-electron chi connectivity index (χ2n) is 3.99. The number of benzene rings is 3. The van der Waals surface area contributed by atoms with Gasteiger partial charge in [0.25, 0.3) is 0 Å². The van der Waals surface area contributed by atoms with Gasteiger partial charge in [0.05, 0.1) is 7.11 Å². The largest absolute Gasteiger partial charge is 0.308 e. The molecule has 3 nitrogen and oxygen atoms in total. The van der Waals surface area contributed by atoms with Gasteiger partial charge in [-0.1, -0.05) is 36.4 Å². The van der Waals surface area contributed by atoms with Crippen molar-refractivity contribution in [2.75, 3.05) is 7.11 Å². The summed E-state index contributed by atoms with van der Waals surface area (Å²) in [7, 11) is 1.40. The first-order valence-corrected chi connectivity index (χ1v) is 5.67. The Balaban J connectivity index is 2.22. The van der Waals surface area contributed by atoms with Gasteiger partial charge in [0.1, 0.15) is 0 Å². The molecule has 0 aliphatic heterocycles. The van der Waals surface area contributed by atoms with Crippen molar-refractivity contribution in [3.8, 4) is 5.75 Å². The molecular weight excluding hydrogens is 228 g/mol. The van der Waals surface area contributed by atoms with Crippen LogP contribution in [0.1, 0.15) is 0 Å². The highest BCUT2D eigenvalue weighted by molar-refractivity contribution is 6.00. The average Bonchev–Trinajstić information content (AvgIpc) is 2.43. The van der Waals surface area contributed by atoms with Crippen LogP contribution in [0.4, 0.5) is 0 Å². The minimum atomic E-state index is 0.639. The van der Waals surface area contributed by atoms with Crippen LogP contribution in [0.15, 0.2) is 54.6 Å². The third kappa shape index (κ3) is 1.90. The first kappa shape index (κ1) is 11.0. The van der Waals surface area contributed by atoms with Crippen molar-refractivity contribution in [1.82, 2.24) is 0 Å². The molecule has 0 aromatic heterocycles. The van der Waals surface area contributed by atoms with Crippen LogP contribution < -0.4 is 4.89 Å². The van der Waals surface area contributed by atoms with Crippen molar-refractivity contribution < 1.29 is 14.8 Å². The van der Waals surface area contributed by atoms with Gasteiger partial charge >= 0.3 is 0 Å². The van der Waals surface area contributed by atoms with Crippen LogP contribution in [0.2, 0.25) is 0 Å². The summed E-state index contributed by atoms with van der Waals surface area (Å²) in [4.78, 5) is 9.56. The van der Waals surface area contributed by atoms with E-state index in [1.54, 1.807) is 0 Å². The number of hydrogen-bond acceptors (Lipinski definition) is 3. The zero-order chi connectivity index (χ0) is 12.4. The molecule has 3 heteroatoms. The Morgan fingerprint density at radius 2 is 1.50 bits per heavy atom. The fraction of sp³-hybridized carbons (Fsp3) is 0.0667. The normalized spacial score (nSPS) is 10.9. The van der Waals surface area contributed by atoms with E-state index in [0.717, 1.165) is 10.8 Å². The van der Waals surface area contributed by atoms with Gasteiger partial charge < -0.3 is 4.89 Å². The predicted octanol–water partition coefficient (Wildman–Crippen LogP) is 3.86. The zero-order valence-electron chi connectivity index (χ0n) is 9.92. The van der Waals surface area contributed by atoms with E-state index < -0.39 is 0 Å². The molecule has 3 aromatic carbocycles. The van der Waals surface area contributed by atoms with Gasteiger partial charge in [0.2, 0.25) is 0 Å². The summed E-state index contributed by atoms with van der Waals surface area (Å²) >= 11 is 0. The molecule has 0 unspecified atom stereocenters. The average molecular weight is 240 g/mol. The maximum Gasteiger partial charge on any atom is 0.176 e. The molecule has 0 saturated heterocycles. The molecule has 0 saturated carbocycles. The lowest BCUT2D eigenvalue weighted by Gasteiger charge is -2.07. The maximum atomic E-state index is 5.10. The van der Waals surface area contributed by atoms with E-state index in [1.165, 1.54) is 17.9 Å². The van der Waals surface area contributed by atoms with Crippen LogP contribution in [0.5, 0.6) is 5.75 Å². The van der Waals surface area contributed by atoms with Crippen molar-refractivity contribution >= 4 is 21.5 Å². The summed E-state index contributed by atoms with van der Waals surface area (Å²) < 4.78 is 0. The standard InChI is InChI=1S/C15H12O3/c1-16-18-17-15-8-4-7-13-9-11-5-2-3-6-12(11)10-14(13)15/h2-10H,1H3. The Hall–Kier alpha value is -2.10. The molecule has 3 aromatic rings. The first-order valence-electron chi connectivity index (χ1n) is 5.67. The molecule has 0 N–H and O–H groups in total. The minimum absolute atomic E-state index is 0.639. The second-order valence-corrected chi connectivity index (χ2v) is 3.99. The lowest BCUT2D eigenvalue weighted by molar-refractivity contribution is -0.453. The van der Waals surface area contributed by atoms with Crippen LogP contribution in [-0.2, 0) is 9.93 Å². The van der Waals surface area contributed by atoms with Gasteiger partial charge in [-0.25, -0.2) is 0 Å². The van der Waals surface area contributed by atoms with Crippen molar-refractivity contribution in [2.24, 2.45) is 0 Å². The fourth-order valence-corrected chi connectivity index (χ4v) is 2.08. The molecular formula is C15H12O3. The Labute approximate surface area is 104 Å². The Morgan fingerprint density at radius 3 is 2.28 bits per heavy atom. The molecule has 0 atom stereocenters. The van der Waals surface area contributed by atoms with E-state index in [1.807, 2.05) is 30.3 Å². The molecule has 0 radical (unpaired) electrons. The van der Waals surface area contributed by atoms with Crippen LogP contribution >= 0.6 is 0 Å². The SMILES string of the molecule is COOOc1cccc2cc3ccccc3cc12. The third-order valence-corrected chi connectivity index (χ3v) is 2.90. The third-order valence-electron chi connectivity index (χ3n) is 2.90. The van der Waals surface area contributed by atoms with Gasteiger partial charge in [-0.3, -0.25) is 0 Å². The lowest BCUT2D eigenvalue weighted by Crippen LogP contribution is -1.95. The van der Waals surface area contributed by atoms with Crippen LogP contribution in [-0.4, -0.2) is 7.11 Å². The summed E-state index contributed by atoms with van der Waals surface area (Å²) in [5.74, 6) is 0.639. The second kappa shape index (κ2) is 4.64. The summed E-state index contributed by atoms with van der Waals surface area (Å²) in [5.41, 5.74) is 0. The number of fused-ring (bicyclic) bond motifs is 2. The maximum absolute atomic E-state index is 5.10. The van der Waals surface area contributed by atoms with Crippen molar-refractivity contribution in [3.63, 3.8) is 0 Å². The molecule has 0 aliphatic rings. The van der Waals surface area contributed by atoms with Crippen LogP contribution in [0, 0.1) is 0 Å². The molecule has 0 heterocycles. The van der Waals surface area contributed by atoms with Gasteiger partial charge in [-0.2, -0.15) is 4.89 Å². The highest BCUT2D eigenvalue weighted by Crippen LogP contribution is 2.29. The van der Waals surface area contributed by atoms with Crippen molar-refractivity contribution in [2.45, 2.75) is 0 Å². The van der Waals surface area contributed by atoms with E-state index >= 15 is 0 Å². The molecule has 0 aliphatic carbocycles. The Bertz CT molecular complexity index is 691. The summed E-state index contributed by atoms with van der Waals surface area (Å²) in [5, 5.41) is 9.00. The van der Waals surface area contributed by atoms with E-state index in [9.17, 15) is 0 Å². The van der Waals surface area contributed by atoms with Crippen molar-refractivity contribution in [1.29, 1.82) is 0 Å². The lowest BCUT2D eigenvalue weighted by atomic mass is 10.0.